The van der Waals surface area contributed by atoms with Crippen LogP contribution in [0, 0.1) is 5.92 Å². The summed E-state index contributed by atoms with van der Waals surface area (Å²) in [5.41, 5.74) is 1.42. The number of hydrogen-bond donors (Lipinski definition) is 2. The monoisotopic (exact) mass is 408 g/mol. The maximum Gasteiger partial charge on any atom is 0.325 e. The smallest absolute Gasteiger partial charge is 0.325 e. The Hall–Kier alpha value is -2.86. The van der Waals surface area contributed by atoms with Gasteiger partial charge >= 0.3 is 6.03 Å². The highest BCUT2D eigenvalue weighted by molar-refractivity contribution is 6.07. The molecule has 1 aliphatic heterocycles. The number of imide groups is 1. The quantitative estimate of drug-likeness (QED) is 0.716. The minimum atomic E-state index is -0.953. The van der Waals surface area contributed by atoms with E-state index in [1.54, 1.807) is 0 Å². The van der Waals surface area contributed by atoms with Crippen LogP contribution in [0.1, 0.15) is 32.6 Å². The van der Waals surface area contributed by atoms with Crippen molar-refractivity contribution in [1.82, 2.24) is 10.2 Å². The van der Waals surface area contributed by atoms with Gasteiger partial charge in [-0.15, -0.1) is 0 Å². The minimum Gasteiger partial charge on any atom is -0.491 e. The Morgan fingerprint density at radius 1 is 1.07 bits per heavy atom. The highest BCUT2D eigenvalue weighted by Crippen LogP contribution is 2.36. The Balaban J connectivity index is 1.31. The predicted molar refractivity (Wildman–Crippen MR) is 114 cm³/mol. The van der Waals surface area contributed by atoms with E-state index in [1.165, 1.54) is 0 Å². The number of ether oxygens (including phenoxy) is 1. The lowest BCUT2D eigenvalue weighted by molar-refractivity contribution is -0.133. The summed E-state index contributed by atoms with van der Waals surface area (Å²) in [5.74, 6) is 0.982. The van der Waals surface area contributed by atoms with E-state index in [1.807, 2.05) is 54.6 Å². The summed E-state index contributed by atoms with van der Waals surface area (Å²) < 4.78 is 5.67. The van der Waals surface area contributed by atoms with E-state index in [9.17, 15) is 14.7 Å². The lowest BCUT2D eigenvalue weighted by Gasteiger charge is -2.33. The van der Waals surface area contributed by atoms with Gasteiger partial charge in [0, 0.05) is 0 Å². The highest BCUT2D eigenvalue weighted by atomic mass is 16.5. The number of rotatable bonds is 6. The van der Waals surface area contributed by atoms with Crippen LogP contribution in [0.15, 0.2) is 54.6 Å². The molecule has 3 amide bonds. The molecule has 1 aliphatic carbocycles. The molecular formula is C24H28N2O4. The van der Waals surface area contributed by atoms with Crippen molar-refractivity contribution in [1.29, 1.82) is 0 Å². The first kappa shape index (κ1) is 20.4. The molecule has 1 atom stereocenters. The van der Waals surface area contributed by atoms with E-state index in [2.05, 4.69) is 12.2 Å². The second-order valence-electron chi connectivity index (χ2n) is 8.47. The predicted octanol–water partition coefficient (Wildman–Crippen LogP) is 3.59. The number of aliphatic hydroxyl groups is 1. The fourth-order valence-electron chi connectivity index (χ4n) is 4.27. The van der Waals surface area contributed by atoms with E-state index in [4.69, 9.17) is 4.74 Å². The average molecular weight is 408 g/mol. The van der Waals surface area contributed by atoms with Gasteiger partial charge in [-0.1, -0.05) is 49.4 Å². The number of carbonyl (C=O) groups is 2. The van der Waals surface area contributed by atoms with Crippen molar-refractivity contribution in [2.24, 2.45) is 5.92 Å². The summed E-state index contributed by atoms with van der Waals surface area (Å²) in [5, 5.41) is 13.2. The molecular weight excluding hydrogens is 380 g/mol. The fraction of sp³-hybridized carbons (Fsp3) is 0.417. The Kier molecular flexibility index (Phi) is 5.77. The number of carbonyl (C=O) groups excluding carboxylic acids is 2. The summed E-state index contributed by atoms with van der Waals surface area (Å²) in [7, 11) is 0. The Morgan fingerprint density at radius 2 is 1.70 bits per heavy atom. The molecule has 1 unspecified atom stereocenters. The van der Waals surface area contributed by atoms with Gasteiger partial charge in [0.05, 0.1) is 6.54 Å². The van der Waals surface area contributed by atoms with Gasteiger partial charge in [0.2, 0.25) is 0 Å². The van der Waals surface area contributed by atoms with Crippen LogP contribution < -0.4 is 10.1 Å². The normalized spacial score (nSPS) is 24.7. The highest BCUT2D eigenvalue weighted by Gasteiger charge is 2.52. The molecule has 0 radical (unpaired) electrons. The largest absolute Gasteiger partial charge is 0.491 e. The van der Waals surface area contributed by atoms with E-state index in [-0.39, 0.29) is 19.1 Å². The topological polar surface area (TPSA) is 78.9 Å². The number of urea groups is 1. The molecule has 1 saturated carbocycles. The number of aliphatic hydroxyl groups excluding tert-OH is 1. The summed E-state index contributed by atoms with van der Waals surface area (Å²) in [6.45, 7) is 2.11. The first-order valence-electron chi connectivity index (χ1n) is 10.6. The van der Waals surface area contributed by atoms with Crippen molar-refractivity contribution in [2.75, 3.05) is 13.2 Å². The van der Waals surface area contributed by atoms with Crippen molar-refractivity contribution in [2.45, 2.75) is 44.2 Å². The number of benzene rings is 2. The van der Waals surface area contributed by atoms with E-state index in [0.29, 0.717) is 24.5 Å². The van der Waals surface area contributed by atoms with Crippen molar-refractivity contribution in [3.63, 3.8) is 0 Å². The zero-order valence-corrected chi connectivity index (χ0v) is 17.2. The fourth-order valence-corrected chi connectivity index (χ4v) is 4.27. The number of nitrogens with one attached hydrogen (secondary N) is 1. The van der Waals surface area contributed by atoms with Crippen LogP contribution in [0.4, 0.5) is 4.79 Å². The SMILES string of the molecule is CC1CCC2(CC1)NC(=O)N(CC(O)COc1ccc(-c3ccccc3)cc1)C2=O. The van der Waals surface area contributed by atoms with Gasteiger partial charge < -0.3 is 15.2 Å². The maximum atomic E-state index is 12.9. The zero-order chi connectivity index (χ0) is 21.1. The number of amides is 3. The molecule has 2 fully saturated rings. The molecule has 2 N–H and O–H groups in total. The van der Waals surface area contributed by atoms with Crippen molar-refractivity contribution < 1.29 is 19.4 Å². The van der Waals surface area contributed by atoms with E-state index < -0.39 is 17.7 Å². The van der Waals surface area contributed by atoms with Gasteiger partial charge in [0.25, 0.3) is 5.91 Å². The third-order valence-corrected chi connectivity index (χ3v) is 6.17. The summed E-state index contributed by atoms with van der Waals surface area (Å²) in [6.07, 6.45) is 2.21. The van der Waals surface area contributed by atoms with Gasteiger partial charge in [-0.2, -0.15) is 0 Å². The molecule has 0 bridgehead atoms. The average Bonchev–Trinajstić information content (AvgIpc) is 2.99. The molecule has 1 spiro atoms. The summed E-state index contributed by atoms with van der Waals surface area (Å²) in [4.78, 5) is 26.4. The molecule has 1 saturated heterocycles. The van der Waals surface area contributed by atoms with Crippen LogP contribution in [-0.4, -0.2) is 46.7 Å². The lowest BCUT2D eigenvalue weighted by atomic mass is 9.77. The van der Waals surface area contributed by atoms with E-state index in [0.717, 1.165) is 28.9 Å². The number of nitrogens with zero attached hydrogens (tertiary/aromatic N) is 1. The van der Waals surface area contributed by atoms with Crippen LogP contribution in [0.25, 0.3) is 11.1 Å². The minimum absolute atomic E-state index is 0.00573. The molecule has 4 rings (SSSR count). The molecule has 6 nitrogen and oxygen atoms in total. The van der Waals surface area contributed by atoms with Crippen molar-refractivity contribution in [3.8, 4) is 16.9 Å². The standard InChI is InChI=1S/C24H28N2O4/c1-17-11-13-24(14-12-17)22(28)26(23(29)25-24)15-20(27)16-30-21-9-7-19(8-10-21)18-5-3-2-4-6-18/h2-10,17,20,27H,11-16H2,1H3,(H,25,29). The Bertz CT molecular complexity index is 889. The van der Waals surface area contributed by atoms with Gasteiger partial charge in [-0.25, -0.2) is 4.79 Å². The van der Waals surface area contributed by atoms with Crippen LogP contribution >= 0.6 is 0 Å². The lowest BCUT2D eigenvalue weighted by Crippen LogP contribution is -2.49. The molecule has 2 aromatic carbocycles. The van der Waals surface area contributed by atoms with Gasteiger partial charge in [-0.05, 0) is 54.9 Å². The van der Waals surface area contributed by atoms with Crippen LogP contribution in [-0.2, 0) is 4.79 Å². The number of hydrogen-bond acceptors (Lipinski definition) is 4. The first-order valence-corrected chi connectivity index (χ1v) is 10.6. The second kappa shape index (κ2) is 8.48. The van der Waals surface area contributed by atoms with Crippen molar-refractivity contribution >= 4 is 11.9 Å². The molecule has 0 aromatic heterocycles. The third kappa shape index (κ3) is 4.19. The molecule has 158 valence electrons. The Morgan fingerprint density at radius 3 is 2.37 bits per heavy atom. The Labute approximate surface area is 176 Å². The van der Waals surface area contributed by atoms with Crippen LogP contribution in [0.2, 0.25) is 0 Å². The van der Waals surface area contributed by atoms with Crippen LogP contribution in [0.3, 0.4) is 0 Å². The summed E-state index contributed by atoms with van der Waals surface area (Å²) >= 11 is 0. The van der Waals surface area contributed by atoms with Crippen molar-refractivity contribution in [3.05, 3.63) is 54.6 Å². The van der Waals surface area contributed by atoms with Gasteiger partial charge in [-0.3, -0.25) is 9.69 Å². The van der Waals surface area contributed by atoms with Gasteiger partial charge in [0.15, 0.2) is 0 Å². The molecule has 30 heavy (non-hydrogen) atoms. The third-order valence-electron chi connectivity index (χ3n) is 6.17. The maximum absolute atomic E-state index is 12.9. The van der Waals surface area contributed by atoms with Gasteiger partial charge in [0.1, 0.15) is 24.0 Å². The molecule has 2 aliphatic rings. The zero-order valence-electron chi connectivity index (χ0n) is 17.2. The molecule has 2 aromatic rings. The summed E-state index contributed by atoms with van der Waals surface area (Å²) in [6, 6.07) is 17.2. The van der Waals surface area contributed by atoms with Crippen LogP contribution in [0.5, 0.6) is 5.75 Å². The second-order valence-corrected chi connectivity index (χ2v) is 8.47. The number of β-amino-alcohol motifs (C(OH)–C–C–N with tert-alkyl or cyclic N) is 1. The van der Waals surface area contributed by atoms with E-state index >= 15 is 0 Å². The molecule has 1 heterocycles. The first-order chi connectivity index (χ1) is 14.5. The molecule has 6 heteroatoms.